The molecule has 0 fully saturated rings. The molecule has 0 saturated heterocycles. The number of hydrogen-bond acceptors (Lipinski definition) is 2. The molecule has 4 nitrogen and oxygen atoms in total. The molecular formula is C11H9O4P. The van der Waals surface area contributed by atoms with Crippen LogP contribution in [0.3, 0.4) is 0 Å². The standard InChI is InChI=1S/C11H9O4P/c12-7-9-3-1-2-8-6-10(16(13,14)15)4-5-11(8)9/h1-7H,(H2,13,14,15). The van der Waals surface area contributed by atoms with Crippen LogP contribution in [0.15, 0.2) is 36.4 Å². The first-order chi connectivity index (χ1) is 7.52. The Labute approximate surface area is 91.7 Å². The second-order valence-corrected chi connectivity index (χ2v) is 5.02. The molecule has 0 bridgehead atoms. The van der Waals surface area contributed by atoms with E-state index in [1.807, 2.05) is 0 Å². The summed E-state index contributed by atoms with van der Waals surface area (Å²) in [6.45, 7) is 0. The van der Waals surface area contributed by atoms with Gasteiger partial charge in [-0.1, -0.05) is 24.3 Å². The topological polar surface area (TPSA) is 74.6 Å². The molecule has 0 unspecified atom stereocenters. The molecule has 0 aliphatic rings. The third-order valence-corrected chi connectivity index (χ3v) is 3.31. The molecule has 0 atom stereocenters. The molecule has 0 aromatic heterocycles. The molecule has 2 rings (SSSR count). The Bertz CT molecular complexity index is 600. The number of carbonyl (C=O) groups excluding carboxylic acids is 1. The van der Waals surface area contributed by atoms with Crippen LogP contribution in [0, 0.1) is 0 Å². The summed E-state index contributed by atoms with van der Waals surface area (Å²) >= 11 is 0. The van der Waals surface area contributed by atoms with Gasteiger partial charge in [-0.05, 0) is 22.9 Å². The fourth-order valence-corrected chi connectivity index (χ4v) is 2.16. The van der Waals surface area contributed by atoms with Crippen LogP contribution < -0.4 is 5.30 Å². The lowest BCUT2D eigenvalue weighted by Gasteiger charge is -2.06. The average Bonchev–Trinajstić information content (AvgIpc) is 2.26. The summed E-state index contributed by atoms with van der Waals surface area (Å²) in [5.41, 5.74) is 0.509. The summed E-state index contributed by atoms with van der Waals surface area (Å²) < 4.78 is 11.1. The van der Waals surface area contributed by atoms with Gasteiger partial charge in [0.25, 0.3) is 0 Å². The highest BCUT2D eigenvalue weighted by Gasteiger charge is 2.17. The van der Waals surface area contributed by atoms with Gasteiger partial charge < -0.3 is 9.79 Å². The number of hydrogen-bond donors (Lipinski definition) is 2. The fraction of sp³-hybridized carbons (Fsp3) is 0. The van der Waals surface area contributed by atoms with Crippen molar-refractivity contribution in [3.63, 3.8) is 0 Å². The Kier molecular flexibility index (Phi) is 2.64. The first kappa shape index (κ1) is 11.0. The highest BCUT2D eigenvalue weighted by molar-refractivity contribution is 7.60. The monoisotopic (exact) mass is 236 g/mol. The lowest BCUT2D eigenvalue weighted by Crippen LogP contribution is -2.03. The van der Waals surface area contributed by atoms with Crippen molar-refractivity contribution in [1.29, 1.82) is 0 Å². The molecule has 16 heavy (non-hydrogen) atoms. The molecule has 5 heteroatoms. The maximum Gasteiger partial charge on any atom is 0.356 e. The highest BCUT2D eigenvalue weighted by atomic mass is 31.2. The Morgan fingerprint density at radius 1 is 1.12 bits per heavy atom. The van der Waals surface area contributed by atoms with Crippen LogP contribution in [0.4, 0.5) is 0 Å². The van der Waals surface area contributed by atoms with E-state index in [1.54, 1.807) is 24.3 Å². The van der Waals surface area contributed by atoms with Gasteiger partial charge in [-0.15, -0.1) is 0 Å². The van der Waals surface area contributed by atoms with E-state index in [0.717, 1.165) is 6.29 Å². The molecule has 0 aliphatic heterocycles. The fourth-order valence-electron chi connectivity index (χ4n) is 1.58. The first-order valence-electron chi connectivity index (χ1n) is 4.56. The van der Waals surface area contributed by atoms with Gasteiger partial charge in [0.2, 0.25) is 0 Å². The molecular weight excluding hydrogens is 227 g/mol. The number of rotatable bonds is 2. The molecule has 2 aromatic carbocycles. The molecule has 0 spiro atoms. The minimum absolute atomic E-state index is 0.0388. The summed E-state index contributed by atoms with van der Waals surface area (Å²) in [6.07, 6.45) is 0.722. The van der Waals surface area contributed by atoms with Crippen molar-refractivity contribution in [3.8, 4) is 0 Å². The lowest BCUT2D eigenvalue weighted by molar-refractivity contribution is 0.112. The number of carbonyl (C=O) groups is 1. The second-order valence-electron chi connectivity index (χ2n) is 3.41. The summed E-state index contributed by atoms with van der Waals surface area (Å²) in [5.74, 6) is 0. The number of benzene rings is 2. The summed E-state index contributed by atoms with van der Waals surface area (Å²) in [4.78, 5) is 28.8. The van der Waals surface area contributed by atoms with Gasteiger partial charge >= 0.3 is 7.60 Å². The minimum atomic E-state index is -4.23. The molecule has 2 N–H and O–H groups in total. The number of aldehydes is 1. The van der Waals surface area contributed by atoms with Crippen LogP contribution in [0.25, 0.3) is 10.8 Å². The van der Waals surface area contributed by atoms with E-state index in [-0.39, 0.29) is 5.30 Å². The third kappa shape index (κ3) is 1.91. The van der Waals surface area contributed by atoms with Gasteiger partial charge in [0.15, 0.2) is 6.29 Å². The van der Waals surface area contributed by atoms with E-state index in [0.29, 0.717) is 16.3 Å². The van der Waals surface area contributed by atoms with Crippen LogP contribution in [0.5, 0.6) is 0 Å². The van der Waals surface area contributed by atoms with Crippen molar-refractivity contribution in [2.75, 3.05) is 0 Å². The van der Waals surface area contributed by atoms with Crippen molar-refractivity contribution in [2.24, 2.45) is 0 Å². The molecule has 0 saturated carbocycles. The van der Waals surface area contributed by atoms with Crippen LogP contribution in [0.2, 0.25) is 0 Å². The Balaban J connectivity index is 2.74. The smallest absolute Gasteiger partial charge is 0.321 e. The van der Waals surface area contributed by atoms with Crippen molar-refractivity contribution >= 4 is 30.0 Å². The van der Waals surface area contributed by atoms with E-state index >= 15 is 0 Å². The maximum atomic E-state index is 11.1. The van der Waals surface area contributed by atoms with Gasteiger partial charge in [0, 0.05) is 5.56 Å². The van der Waals surface area contributed by atoms with Crippen LogP contribution in [-0.2, 0) is 4.57 Å². The minimum Gasteiger partial charge on any atom is -0.321 e. The van der Waals surface area contributed by atoms with Crippen molar-refractivity contribution in [1.82, 2.24) is 0 Å². The van der Waals surface area contributed by atoms with Gasteiger partial charge in [-0.25, -0.2) is 0 Å². The molecule has 2 aromatic rings. The van der Waals surface area contributed by atoms with Crippen LogP contribution in [0.1, 0.15) is 10.4 Å². The summed E-state index contributed by atoms with van der Waals surface area (Å²) in [5, 5.41) is 1.29. The molecule has 0 radical (unpaired) electrons. The first-order valence-corrected chi connectivity index (χ1v) is 6.17. The summed E-state index contributed by atoms with van der Waals surface area (Å²) in [7, 11) is -4.23. The van der Waals surface area contributed by atoms with E-state index in [4.69, 9.17) is 9.79 Å². The van der Waals surface area contributed by atoms with Gasteiger partial charge in [-0.3, -0.25) is 9.36 Å². The lowest BCUT2D eigenvalue weighted by atomic mass is 10.1. The molecule has 0 aliphatic carbocycles. The molecule has 0 amide bonds. The zero-order valence-electron chi connectivity index (χ0n) is 8.20. The van der Waals surface area contributed by atoms with Gasteiger partial charge in [0.1, 0.15) is 0 Å². The Morgan fingerprint density at radius 2 is 1.88 bits per heavy atom. The highest BCUT2D eigenvalue weighted by Crippen LogP contribution is 2.34. The van der Waals surface area contributed by atoms with Crippen LogP contribution in [-0.4, -0.2) is 16.1 Å². The third-order valence-electron chi connectivity index (χ3n) is 2.36. The predicted molar refractivity (Wildman–Crippen MR) is 61.0 cm³/mol. The van der Waals surface area contributed by atoms with Crippen LogP contribution >= 0.6 is 7.60 Å². The zero-order chi connectivity index (χ0) is 11.8. The van der Waals surface area contributed by atoms with E-state index in [9.17, 15) is 9.36 Å². The summed E-state index contributed by atoms with van der Waals surface area (Å²) in [6, 6.07) is 9.34. The average molecular weight is 236 g/mol. The molecule has 0 heterocycles. The van der Waals surface area contributed by atoms with Crippen molar-refractivity contribution < 1.29 is 19.1 Å². The predicted octanol–water partition coefficient (Wildman–Crippen LogP) is 1.46. The van der Waals surface area contributed by atoms with Crippen molar-refractivity contribution in [2.45, 2.75) is 0 Å². The molecule has 82 valence electrons. The van der Waals surface area contributed by atoms with E-state index in [2.05, 4.69) is 0 Å². The van der Waals surface area contributed by atoms with E-state index in [1.165, 1.54) is 12.1 Å². The van der Waals surface area contributed by atoms with Gasteiger partial charge in [0.05, 0.1) is 5.30 Å². The van der Waals surface area contributed by atoms with Gasteiger partial charge in [-0.2, -0.15) is 0 Å². The largest absolute Gasteiger partial charge is 0.356 e. The number of fused-ring (bicyclic) bond motifs is 1. The maximum absolute atomic E-state index is 11.1. The zero-order valence-corrected chi connectivity index (χ0v) is 9.09. The SMILES string of the molecule is O=Cc1cccc2cc(P(=O)(O)O)ccc12. The Morgan fingerprint density at radius 3 is 2.50 bits per heavy atom. The Hall–Kier alpha value is -1.48. The van der Waals surface area contributed by atoms with E-state index < -0.39 is 7.60 Å². The quantitative estimate of drug-likeness (QED) is 0.611. The van der Waals surface area contributed by atoms with Crippen molar-refractivity contribution in [3.05, 3.63) is 42.0 Å². The normalized spacial score (nSPS) is 11.6. The second kappa shape index (κ2) is 3.83.